The molecule has 0 fully saturated rings. The van der Waals surface area contributed by atoms with Crippen LogP contribution in [0.1, 0.15) is 34.8 Å². The molecule has 96 valence electrons. The van der Waals surface area contributed by atoms with E-state index in [-0.39, 0.29) is 5.91 Å². The first kappa shape index (κ1) is 12.6. The second-order valence-corrected chi connectivity index (χ2v) is 4.36. The largest absolute Gasteiger partial charge is 0.480 e. The molecule has 5 nitrogen and oxygen atoms in total. The Bertz CT molecular complexity index is 485. The maximum atomic E-state index is 11.9. The average molecular weight is 248 g/mol. The van der Waals surface area contributed by atoms with E-state index in [1.54, 1.807) is 13.0 Å². The van der Waals surface area contributed by atoms with E-state index < -0.39 is 12.0 Å². The summed E-state index contributed by atoms with van der Waals surface area (Å²) in [5.74, 6) is -1.34. The molecule has 1 atom stereocenters. The highest BCUT2D eigenvalue weighted by Crippen LogP contribution is 2.17. The summed E-state index contributed by atoms with van der Waals surface area (Å²) in [5.41, 5.74) is 2.81. The van der Waals surface area contributed by atoms with E-state index in [1.807, 2.05) is 12.1 Å². The van der Waals surface area contributed by atoms with Gasteiger partial charge in [0.25, 0.3) is 5.91 Å². The van der Waals surface area contributed by atoms with Crippen molar-refractivity contribution in [3.05, 3.63) is 34.9 Å². The number of carboxylic acids is 1. The molecule has 18 heavy (non-hydrogen) atoms. The zero-order valence-corrected chi connectivity index (χ0v) is 10.2. The van der Waals surface area contributed by atoms with Crippen molar-refractivity contribution in [2.24, 2.45) is 0 Å². The fourth-order valence-corrected chi connectivity index (χ4v) is 2.02. The lowest BCUT2D eigenvalue weighted by Gasteiger charge is -2.12. The molecule has 0 spiro atoms. The molecule has 0 aliphatic carbocycles. The van der Waals surface area contributed by atoms with E-state index in [1.165, 1.54) is 5.56 Å². The van der Waals surface area contributed by atoms with Gasteiger partial charge in [-0.05, 0) is 29.7 Å². The van der Waals surface area contributed by atoms with Gasteiger partial charge < -0.3 is 15.7 Å². The van der Waals surface area contributed by atoms with Crippen molar-refractivity contribution in [3.8, 4) is 0 Å². The minimum Gasteiger partial charge on any atom is -0.480 e. The number of fused-ring (bicyclic) bond motifs is 1. The van der Waals surface area contributed by atoms with Crippen molar-refractivity contribution >= 4 is 11.9 Å². The third-order valence-corrected chi connectivity index (χ3v) is 3.11. The van der Waals surface area contributed by atoms with Crippen molar-refractivity contribution in [2.45, 2.75) is 32.5 Å². The molecule has 0 saturated heterocycles. The van der Waals surface area contributed by atoms with Gasteiger partial charge in [-0.25, -0.2) is 4.79 Å². The summed E-state index contributed by atoms with van der Waals surface area (Å²) in [7, 11) is 0. The summed E-state index contributed by atoms with van der Waals surface area (Å²) in [6.07, 6.45) is 0.369. The molecule has 0 unspecified atom stereocenters. The maximum absolute atomic E-state index is 11.9. The molecule has 1 aliphatic heterocycles. The first-order chi connectivity index (χ1) is 8.61. The van der Waals surface area contributed by atoms with E-state index in [0.29, 0.717) is 12.0 Å². The van der Waals surface area contributed by atoms with E-state index in [2.05, 4.69) is 10.6 Å². The van der Waals surface area contributed by atoms with Crippen molar-refractivity contribution < 1.29 is 14.7 Å². The number of amides is 1. The number of carbonyl (C=O) groups excluding carboxylic acids is 1. The maximum Gasteiger partial charge on any atom is 0.326 e. The van der Waals surface area contributed by atoms with Gasteiger partial charge in [-0.3, -0.25) is 4.79 Å². The van der Waals surface area contributed by atoms with Gasteiger partial charge in [0, 0.05) is 18.7 Å². The fraction of sp³-hybridized carbons (Fsp3) is 0.385. The van der Waals surface area contributed by atoms with Crippen LogP contribution in [-0.2, 0) is 17.9 Å². The summed E-state index contributed by atoms with van der Waals surface area (Å²) in [5, 5.41) is 14.6. The Labute approximate surface area is 105 Å². The number of rotatable bonds is 4. The van der Waals surface area contributed by atoms with Crippen LogP contribution in [0.15, 0.2) is 18.2 Å². The van der Waals surface area contributed by atoms with Crippen molar-refractivity contribution in [1.29, 1.82) is 0 Å². The number of aliphatic carboxylic acids is 1. The molecule has 1 aliphatic rings. The van der Waals surface area contributed by atoms with Crippen molar-refractivity contribution in [3.63, 3.8) is 0 Å². The van der Waals surface area contributed by atoms with Crippen LogP contribution in [0.5, 0.6) is 0 Å². The molecular formula is C13H16N2O3. The topological polar surface area (TPSA) is 78.4 Å². The first-order valence-electron chi connectivity index (χ1n) is 5.98. The van der Waals surface area contributed by atoms with Gasteiger partial charge in [-0.1, -0.05) is 13.0 Å². The molecule has 0 saturated carbocycles. The highest BCUT2D eigenvalue weighted by Gasteiger charge is 2.19. The van der Waals surface area contributed by atoms with Crippen LogP contribution in [0.2, 0.25) is 0 Å². The lowest BCUT2D eigenvalue weighted by atomic mass is 10.1. The van der Waals surface area contributed by atoms with Crippen LogP contribution in [0.25, 0.3) is 0 Å². The number of carbonyl (C=O) groups is 2. The molecule has 5 heteroatoms. The minimum atomic E-state index is -1.01. The Hall–Kier alpha value is -1.88. The molecule has 3 N–H and O–H groups in total. The number of benzene rings is 1. The monoisotopic (exact) mass is 248 g/mol. The van der Waals surface area contributed by atoms with Crippen LogP contribution < -0.4 is 10.6 Å². The predicted molar refractivity (Wildman–Crippen MR) is 66.2 cm³/mol. The van der Waals surface area contributed by atoms with Crippen LogP contribution in [-0.4, -0.2) is 23.0 Å². The Morgan fingerprint density at radius 2 is 2.11 bits per heavy atom. The fourth-order valence-electron chi connectivity index (χ4n) is 2.02. The molecule has 1 heterocycles. The Kier molecular flexibility index (Phi) is 3.62. The van der Waals surface area contributed by atoms with E-state index in [9.17, 15) is 9.59 Å². The molecular weight excluding hydrogens is 232 g/mol. The number of hydrogen-bond acceptors (Lipinski definition) is 3. The van der Waals surface area contributed by atoms with Crippen LogP contribution in [0.4, 0.5) is 0 Å². The Balaban J connectivity index is 2.12. The van der Waals surface area contributed by atoms with Crippen LogP contribution >= 0.6 is 0 Å². The average Bonchev–Trinajstić information content (AvgIpc) is 2.82. The molecule has 2 rings (SSSR count). The summed E-state index contributed by atoms with van der Waals surface area (Å²) in [6.45, 7) is 3.31. The molecule has 1 amide bonds. The second kappa shape index (κ2) is 5.18. The molecule has 1 aromatic carbocycles. The third-order valence-electron chi connectivity index (χ3n) is 3.11. The normalized spacial score (nSPS) is 14.9. The predicted octanol–water partition coefficient (Wildman–Crippen LogP) is 0.883. The molecule has 0 aromatic heterocycles. The highest BCUT2D eigenvalue weighted by molar-refractivity contribution is 5.96. The quantitative estimate of drug-likeness (QED) is 0.739. The lowest BCUT2D eigenvalue weighted by molar-refractivity contribution is -0.139. The van der Waals surface area contributed by atoms with Crippen molar-refractivity contribution in [2.75, 3.05) is 0 Å². The van der Waals surface area contributed by atoms with E-state index in [0.717, 1.165) is 18.7 Å². The van der Waals surface area contributed by atoms with Gasteiger partial charge in [-0.2, -0.15) is 0 Å². The zero-order valence-electron chi connectivity index (χ0n) is 10.2. The summed E-state index contributed by atoms with van der Waals surface area (Å²) < 4.78 is 0. The zero-order chi connectivity index (χ0) is 13.1. The van der Waals surface area contributed by atoms with Gasteiger partial charge >= 0.3 is 5.97 Å². The second-order valence-electron chi connectivity index (χ2n) is 4.36. The highest BCUT2D eigenvalue weighted by atomic mass is 16.4. The molecule has 0 bridgehead atoms. The Morgan fingerprint density at radius 3 is 2.78 bits per heavy atom. The van der Waals surface area contributed by atoms with Gasteiger partial charge in [0.1, 0.15) is 6.04 Å². The summed E-state index contributed by atoms with van der Waals surface area (Å²) in [4.78, 5) is 22.8. The van der Waals surface area contributed by atoms with Gasteiger partial charge in [0.05, 0.1) is 0 Å². The minimum absolute atomic E-state index is 0.334. The first-order valence-corrected chi connectivity index (χ1v) is 5.98. The van der Waals surface area contributed by atoms with Crippen molar-refractivity contribution in [1.82, 2.24) is 10.6 Å². The van der Waals surface area contributed by atoms with Crippen LogP contribution in [0, 0.1) is 0 Å². The van der Waals surface area contributed by atoms with Gasteiger partial charge in [0.15, 0.2) is 0 Å². The Morgan fingerprint density at radius 1 is 1.39 bits per heavy atom. The smallest absolute Gasteiger partial charge is 0.326 e. The van der Waals surface area contributed by atoms with Gasteiger partial charge in [-0.15, -0.1) is 0 Å². The summed E-state index contributed by atoms with van der Waals surface area (Å²) >= 11 is 0. The summed E-state index contributed by atoms with van der Waals surface area (Å²) in [6, 6.07) is 4.63. The number of nitrogens with one attached hydrogen (secondary N) is 2. The van der Waals surface area contributed by atoms with Crippen LogP contribution in [0.3, 0.4) is 0 Å². The lowest BCUT2D eigenvalue weighted by Crippen LogP contribution is -2.40. The molecule has 0 radical (unpaired) electrons. The SMILES string of the molecule is CC[C@H](NC(=O)c1ccc2c(c1)CNC2)C(=O)O. The third kappa shape index (κ3) is 2.51. The molecule has 1 aromatic rings. The van der Waals surface area contributed by atoms with E-state index in [4.69, 9.17) is 5.11 Å². The number of carboxylic acid groups (broad SMARTS) is 1. The van der Waals surface area contributed by atoms with Gasteiger partial charge in [0.2, 0.25) is 0 Å². The standard InChI is InChI=1S/C13H16N2O3/c1-2-11(13(17)18)15-12(16)8-3-4-9-6-14-7-10(9)5-8/h3-5,11,14H,2,6-7H2,1H3,(H,15,16)(H,17,18)/t11-/m0/s1. The van der Waals surface area contributed by atoms with E-state index >= 15 is 0 Å². The number of hydrogen-bond donors (Lipinski definition) is 3.